The van der Waals surface area contributed by atoms with Crippen molar-refractivity contribution in [1.29, 1.82) is 0 Å². The first-order valence-electron chi connectivity index (χ1n) is 6.06. The molecular formula is C16H11NO3. The number of allylic oxidation sites excluding steroid dienone is 2. The van der Waals surface area contributed by atoms with E-state index in [4.69, 9.17) is 5.73 Å². The number of phenolic OH excluding ortho intramolecular Hbond substituents is 1. The fraction of sp³-hybridized carbons (Fsp3) is 0. The van der Waals surface area contributed by atoms with E-state index >= 15 is 0 Å². The molecule has 0 bridgehead atoms. The Morgan fingerprint density at radius 3 is 2.35 bits per heavy atom. The van der Waals surface area contributed by atoms with Gasteiger partial charge in [0.1, 0.15) is 5.75 Å². The third-order valence-corrected chi connectivity index (χ3v) is 3.29. The molecule has 3 N–H and O–H groups in total. The van der Waals surface area contributed by atoms with Gasteiger partial charge in [0.25, 0.3) is 0 Å². The summed E-state index contributed by atoms with van der Waals surface area (Å²) in [6.07, 6.45) is 1.30. The highest BCUT2D eigenvalue weighted by molar-refractivity contribution is 6.39. The highest BCUT2D eigenvalue weighted by atomic mass is 16.3. The number of benzene rings is 2. The normalized spacial score (nSPS) is 13.9. The summed E-state index contributed by atoms with van der Waals surface area (Å²) in [7, 11) is 0. The largest absolute Gasteiger partial charge is 0.508 e. The zero-order valence-corrected chi connectivity index (χ0v) is 10.5. The Morgan fingerprint density at radius 2 is 1.65 bits per heavy atom. The van der Waals surface area contributed by atoms with Crippen molar-refractivity contribution in [3.05, 3.63) is 65.2 Å². The molecule has 2 aromatic rings. The van der Waals surface area contributed by atoms with Crippen molar-refractivity contribution in [1.82, 2.24) is 0 Å². The standard InChI is InChI=1S/C16H11NO3/c17-13-3-1-2-11-15(13)14(19)8-12(16(11)20)9-4-6-10(18)7-5-9/h1-8,18H,17H2. The summed E-state index contributed by atoms with van der Waals surface area (Å²) >= 11 is 0. The average Bonchev–Trinajstić information content (AvgIpc) is 2.44. The molecule has 2 aromatic carbocycles. The van der Waals surface area contributed by atoms with E-state index in [1.165, 1.54) is 18.2 Å². The number of ketones is 2. The number of aromatic hydroxyl groups is 1. The molecule has 0 heterocycles. The maximum absolute atomic E-state index is 12.5. The van der Waals surface area contributed by atoms with E-state index < -0.39 is 0 Å². The number of anilines is 1. The van der Waals surface area contributed by atoms with Crippen LogP contribution in [-0.4, -0.2) is 16.7 Å². The third kappa shape index (κ3) is 1.78. The van der Waals surface area contributed by atoms with Crippen LogP contribution in [0.5, 0.6) is 5.75 Å². The minimum atomic E-state index is -0.277. The Labute approximate surface area is 115 Å². The molecule has 1 aliphatic rings. The number of fused-ring (bicyclic) bond motifs is 1. The molecule has 0 amide bonds. The molecule has 0 saturated carbocycles. The molecule has 0 radical (unpaired) electrons. The maximum atomic E-state index is 12.5. The first-order chi connectivity index (χ1) is 9.58. The van der Waals surface area contributed by atoms with Gasteiger partial charge < -0.3 is 10.8 Å². The Hall–Kier alpha value is -2.88. The highest BCUT2D eigenvalue weighted by Gasteiger charge is 2.27. The Kier molecular flexibility index (Phi) is 2.64. The predicted octanol–water partition coefficient (Wildman–Crippen LogP) is 2.44. The van der Waals surface area contributed by atoms with Crippen LogP contribution in [0.1, 0.15) is 26.3 Å². The Bertz CT molecular complexity index is 758. The molecule has 0 aliphatic heterocycles. The molecule has 4 nitrogen and oxygen atoms in total. The van der Waals surface area contributed by atoms with Gasteiger partial charge in [0.2, 0.25) is 0 Å². The molecule has 0 fully saturated rings. The van der Waals surface area contributed by atoms with Crippen molar-refractivity contribution in [3.8, 4) is 5.75 Å². The van der Waals surface area contributed by atoms with Gasteiger partial charge in [-0.3, -0.25) is 9.59 Å². The van der Waals surface area contributed by atoms with Crippen LogP contribution in [0, 0.1) is 0 Å². The Balaban J connectivity index is 2.15. The lowest BCUT2D eigenvalue weighted by Gasteiger charge is -2.16. The van der Waals surface area contributed by atoms with Crippen LogP contribution in [0.25, 0.3) is 5.57 Å². The van der Waals surface area contributed by atoms with Gasteiger partial charge in [-0.1, -0.05) is 24.3 Å². The summed E-state index contributed by atoms with van der Waals surface area (Å²) in [4.78, 5) is 24.6. The van der Waals surface area contributed by atoms with E-state index in [1.807, 2.05) is 0 Å². The zero-order chi connectivity index (χ0) is 14.3. The topological polar surface area (TPSA) is 80.4 Å². The van der Waals surface area contributed by atoms with Gasteiger partial charge in [-0.25, -0.2) is 0 Å². The molecule has 3 rings (SSSR count). The molecule has 0 saturated heterocycles. The molecule has 1 aliphatic carbocycles. The number of carbonyl (C=O) groups is 2. The Morgan fingerprint density at radius 1 is 0.950 bits per heavy atom. The van der Waals surface area contributed by atoms with Crippen molar-refractivity contribution < 1.29 is 14.7 Å². The van der Waals surface area contributed by atoms with Crippen molar-refractivity contribution in [2.24, 2.45) is 0 Å². The van der Waals surface area contributed by atoms with E-state index in [0.717, 1.165) is 0 Å². The lowest BCUT2D eigenvalue weighted by Crippen LogP contribution is -2.17. The first-order valence-corrected chi connectivity index (χ1v) is 6.06. The second-order valence-electron chi connectivity index (χ2n) is 4.57. The minimum absolute atomic E-state index is 0.105. The summed E-state index contributed by atoms with van der Waals surface area (Å²) in [5.41, 5.74) is 7.56. The van der Waals surface area contributed by atoms with E-state index in [1.54, 1.807) is 30.3 Å². The van der Waals surface area contributed by atoms with Gasteiger partial charge in [0.15, 0.2) is 11.6 Å². The second kappa shape index (κ2) is 4.35. The summed E-state index contributed by atoms with van der Waals surface area (Å²) in [5.74, 6) is -0.410. The average molecular weight is 265 g/mol. The summed E-state index contributed by atoms with van der Waals surface area (Å²) in [5, 5.41) is 9.28. The van der Waals surface area contributed by atoms with Crippen molar-refractivity contribution in [2.45, 2.75) is 0 Å². The quantitative estimate of drug-likeness (QED) is 0.776. The van der Waals surface area contributed by atoms with E-state index in [0.29, 0.717) is 22.4 Å². The number of phenols is 1. The third-order valence-electron chi connectivity index (χ3n) is 3.29. The molecule has 0 aromatic heterocycles. The second-order valence-corrected chi connectivity index (χ2v) is 4.57. The molecular weight excluding hydrogens is 254 g/mol. The van der Waals surface area contributed by atoms with Crippen LogP contribution < -0.4 is 5.73 Å². The van der Waals surface area contributed by atoms with Gasteiger partial charge in [0, 0.05) is 16.8 Å². The van der Waals surface area contributed by atoms with Crippen LogP contribution in [-0.2, 0) is 0 Å². The first kappa shape index (κ1) is 12.2. The maximum Gasteiger partial charge on any atom is 0.194 e. The van der Waals surface area contributed by atoms with Crippen molar-refractivity contribution in [3.63, 3.8) is 0 Å². The van der Waals surface area contributed by atoms with Crippen molar-refractivity contribution in [2.75, 3.05) is 5.73 Å². The van der Waals surface area contributed by atoms with Crippen molar-refractivity contribution >= 4 is 22.8 Å². The van der Waals surface area contributed by atoms with Crippen LogP contribution in [0.15, 0.2) is 48.5 Å². The minimum Gasteiger partial charge on any atom is -0.508 e. The fourth-order valence-corrected chi connectivity index (χ4v) is 2.30. The molecule has 0 spiro atoms. The van der Waals surface area contributed by atoms with Gasteiger partial charge in [-0.05, 0) is 29.8 Å². The number of Topliss-reactive ketones (excluding diaryl/α,β-unsaturated/α-hetero) is 1. The number of nitrogens with two attached hydrogens (primary N) is 1. The number of nitrogen functional groups attached to an aromatic ring is 1. The van der Waals surface area contributed by atoms with Gasteiger partial charge >= 0.3 is 0 Å². The van der Waals surface area contributed by atoms with Crippen LogP contribution >= 0.6 is 0 Å². The summed E-state index contributed by atoms with van der Waals surface area (Å²) in [6.45, 7) is 0. The molecule has 0 unspecified atom stereocenters. The lowest BCUT2D eigenvalue weighted by atomic mass is 9.85. The summed E-state index contributed by atoms with van der Waals surface area (Å²) < 4.78 is 0. The lowest BCUT2D eigenvalue weighted by molar-refractivity contribution is 0.100. The number of hydrogen-bond donors (Lipinski definition) is 2. The smallest absolute Gasteiger partial charge is 0.194 e. The van der Waals surface area contributed by atoms with Gasteiger partial charge in [0.05, 0.1) is 5.56 Å². The molecule has 98 valence electrons. The predicted molar refractivity (Wildman–Crippen MR) is 75.6 cm³/mol. The van der Waals surface area contributed by atoms with Crippen LogP contribution in [0.3, 0.4) is 0 Å². The summed E-state index contributed by atoms with van der Waals surface area (Å²) in [6, 6.07) is 11.0. The molecule has 4 heteroatoms. The number of carbonyl (C=O) groups excluding carboxylic acids is 2. The van der Waals surface area contributed by atoms with E-state index in [-0.39, 0.29) is 22.9 Å². The number of hydrogen-bond acceptors (Lipinski definition) is 4. The van der Waals surface area contributed by atoms with Gasteiger partial charge in [-0.15, -0.1) is 0 Å². The van der Waals surface area contributed by atoms with Gasteiger partial charge in [-0.2, -0.15) is 0 Å². The van der Waals surface area contributed by atoms with E-state index in [2.05, 4.69) is 0 Å². The van der Waals surface area contributed by atoms with Crippen LogP contribution in [0.2, 0.25) is 0 Å². The number of rotatable bonds is 1. The SMILES string of the molecule is Nc1cccc2c1C(=O)C=C(c1ccc(O)cc1)C2=O. The molecule has 0 atom stereocenters. The molecule has 20 heavy (non-hydrogen) atoms. The fourth-order valence-electron chi connectivity index (χ4n) is 2.30. The highest BCUT2D eigenvalue weighted by Crippen LogP contribution is 2.31. The monoisotopic (exact) mass is 265 g/mol. The van der Waals surface area contributed by atoms with E-state index in [9.17, 15) is 14.7 Å². The zero-order valence-electron chi connectivity index (χ0n) is 10.5. The van der Waals surface area contributed by atoms with Crippen LogP contribution in [0.4, 0.5) is 5.69 Å².